The normalized spacial score (nSPS) is 11.0. The molecule has 23 heavy (non-hydrogen) atoms. The molecule has 0 N–H and O–H groups in total. The third-order valence-electron chi connectivity index (χ3n) is 4.28. The lowest BCUT2D eigenvalue weighted by molar-refractivity contribution is -0.660. The van der Waals surface area contributed by atoms with Crippen molar-refractivity contribution in [2.24, 2.45) is 7.05 Å². The van der Waals surface area contributed by atoms with E-state index in [2.05, 4.69) is 28.5 Å². The van der Waals surface area contributed by atoms with Gasteiger partial charge in [-0.25, -0.2) is 9.41 Å². The van der Waals surface area contributed by atoms with Crippen LogP contribution in [0.4, 0.5) is 5.69 Å². The maximum atomic E-state index is 7.35. The molecule has 0 fully saturated rings. The van der Waals surface area contributed by atoms with Crippen molar-refractivity contribution in [2.45, 2.75) is 6.92 Å². The fourth-order valence-corrected chi connectivity index (χ4v) is 3.18. The highest BCUT2D eigenvalue weighted by atomic mass is 16.3. The van der Waals surface area contributed by atoms with E-state index in [-0.39, 0.29) is 0 Å². The van der Waals surface area contributed by atoms with Gasteiger partial charge in [-0.15, -0.1) is 0 Å². The maximum Gasteiger partial charge on any atom is 0.229 e. The number of hydrogen-bond acceptors (Lipinski definition) is 1. The average Bonchev–Trinajstić information content (AvgIpc) is 2.94. The van der Waals surface area contributed by atoms with Gasteiger partial charge in [0.2, 0.25) is 11.4 Å². The van der Waals surface area contributed by atoms with Crippen molar-refractivity contribution in [3.63, 3.8) is 0 Å². The van der Waals surface area contributed by atoms with Gasteiger partial charge in [-0.2, -0.15) is 0 Å². The van der Waals surface area contributed by atoms with E-state index in [9.17, 15) is 0 Å². The van der Waals surface area contributed by atoms with Gasteiger partial charge in [-0.3, -0.25) is 0 Å². The summed E-state index contributed by atoms with van der Waals surface area (Å²) in [6, 6.07) is 16.0. The Morgan fingerprint density at radius 3 is 2.70 bits per heavy atom. The lowest BCUT2D eigenvalue weighted by Crippen LogP contribution is -2.30. The summed E-state index contributed by atoms with van der Waals surface area (Å²) in [4.78, 5) is 3.59. The largest absolute Gasteiger partial charge is 0.467 e. The Labute approximate surface area is 134 Å². The zero-order valence-corrected chi connectivity index (χ0v) is 13.0. The number of nitrogens with zero attached hydrogens (tertiary/aromatic N) is 2. The van der Waals surface area contributed by atoms with Gasteiger partial charge in [-0.05, 0) is 24.6 Å². The van der Waals surface area contributed by atoms with E-state index in [0.717, 1.165) is 27.6 Å². The molecule has 2 aromatic heterocycles. The molecule has 3 nitrogen and oxygen atoms in total. The van der Waals surface area contributed by atoms with Crippen molar-refractivity contribution in [3.8, 4) is 11.3 Å². The van der Waals surface area contributed by atoms with Crippen LogP contribution in [-0.4, -0.2) is 0 Å². The van der Waals surface area contributed by atoms with Gasteiger partial charge in [0, 0.05) is 22.9 Å². The second-order valence-corrected chi connectivity index (χ2v) is 5.70. The first kappa shape index (κ1) is 13.5. The Balaban J connectivity index is 2.23. The van der Waals surface area contributed by atoms with E-state index < -0.39 is 0 Å². The SMILES string of the molecule is [C-]#[N+]c1cccc2c1oc1ccc(C)c(-c3cccc[n+]3C)c12. The molecule has 2 heterocycles. The van der Waals surface area contributed by atoms with E-state index in [1.54, 1.807) is 6.07 Å². The van der Waals surface area contributed by atoms with Crippen LogP contribution in [-0.2, 0) is 7.05 Å². The fourth-order valence-electron chi connectivity index (χ4n) is 3.18. The van der Waals surface area contributed by atoms with Gasteiger partial charge in [0.15, 0.2) is 6.20 Å². The molecule has 0 saturated carbocycles. The van der Waals surface area contributed by atoms with Gasteiger partial charge in [0.05, 0.1) is 12.1 Å². The number of hydrogen-bond donors (Lipinski definition) is 0. The molecule has 0 aliphatic heterocycles. The van der Waals surface area contributed by atoms with Crippen LogP contribution in [0, 0.1) is 13.5 Å². The van der Waals surface area contributed by atoms with Crippen molar-refractivity contribution in [1.29, 1.82) is 0 Å². The van der Waals surface area contributed by atoms with Crippen LogP contribution in [0.15, 0.2) is 59.1 Å². The monoisotopic (exact) mass is 299 g/mol. The number of benzene rings is 2. The maximum absolute atomic E-state index is 7.35. The number of fused-ring (bicyclic) bond motifs is 3. The highest BCUT2D eigenvalue weighted by Crippen LogP contribution is 2.40. The highest BCUT2D eigenvalue weighted by Gasteiger charge is 2.20. The number of aryl methyl sites for hydroxylation is 2. The van der Waals surface area contributed by atoms with Crippen molar-refractivity contribution in [1.82, 2.24) is 0 Å². The molecule has 2 aromatic carbocycles. The summed E-state index contributed by atoms with van der Waals surface area (Å²) in [5.41, 5.74) is 5.52. The highest BCUT2D eigenvalue weighted by molar-refractivity contribution is 6.15. The van der Waals surface area contributed by atoms with E-state index >= 15 is 0 Å². The molecule has 3 heteroatoms. The molecule has 4 rings (SSSR count). The van der Waals surface area contributed by atoms with E-state index in [4.69, 9.17) is 11.0 Å². The predicted molar refractivity (Wildman–Crippen MR) is 91.3 cm³/mol. The molecule has 110 valence electrons. The van der Waals surface area contributed by atoms with Gasteiger partial charge in [0.1, 0.15) is 18.2 Å². The standard InChI is InChI=1S/C20H15N2O/c1-13-10-11-17-19(18(13)16-9-4-5-12-22(16)3)14-7-6-8-15(21-2)20(14)23-17/h4-12H,1,3H3/q+1. The summed E-state index contributed by atoms with van der Waals surface area (Å²) in [6.45, 7) is 9.46. The van der Waals surface area contributed by atoms with Crippen molar-refractivity contribution in [2.75, 3.05) is 0 Å². The minimum absolute atomic E-state index is 0.555. The fraction of sp³-hybridized carbons (Fsp3) is 0.100. The number of aromatic nitrogens is 1. The summed E-state index contributed by atoms with van der Waals surface area (Å²) < 4.78 is 8.12. The van der Waals surface area contributed by atoms with Crippen LogP contribution in [0.1, 0.15) is 5.56 Å². The summed E-state index contributed by atoms with van der Waals surface area (Å²) in [7, 11) is 2.04. The molecular weight excluding hydrogens is 284 g/mol. The minimum Gasteiger partial charge on any atom is -0.467 e. The van der Waals surface area contributed by atoms with Crippen LogP contribution in [0.3, 0.4) is 0 Å². The van der Waals surface area contributed by atoms with Gasteiger partial charge >= 0.3 is 0 Å². The number of pyridine rings is 1. The molecule has 0 spiro atoms. The Morgan fingerprint density at radius 2 is 1.91 bits per heavy atom. The molecule has 0 bridgehead atoms. The number of para-hydroxylation sites is 1. The van der Waals surface area contributed by atoms with Gasteiger partial charge in [0.25, 0.3) is 0 Å². The number of furan rings is 1. The second kappa shape index (κ2) is 4.96. The summed E-state index contributed by atoms with van der Waals surface area (Å²) in [5, 5.41) is 2.07. The zero-order valence-electron chi connectivity index (χ0n) is 13.0. The lowest BCUT2D eigenvalue weighted by atomic mass is 9.98. The third-order valence-corrected chi connectivity index (χ3v) is 4.28. The Hall–Kier alpha value is -3.12. The molecule has 0 aliphatic rings. The molecule has 0 aliphatic carbocycles. The second-order valence-electron chi connectivity index (χ2n) is 5.70. The quantitative estimate of drug-likeness (QED) is 0.360. The predicted octanol–water partition coefficient (Wildman–Crippen LogP) is 4.94. The molecule has 0 radical (unpaired) electrons. The van der Waals surface area contributed by atoms with Crippen molar-refractivity contribution >= 4 is 27.6 Å². The average molecular weight is 299 g/mol. The number of rotatable bonds is 1. The Kier molecular flexibility index (Phi) is 2.92. The third kappa shape index (κ3) is 1.92. The summed E-state index contributed by atoms with van der Waals surface area (Å²) >= 11 is 0. The van der Waals surface area contributed by atoms with Crippen LogP contribution >= 0.6 is 0 Å². The molecule has 0 amide bonds. The lowest BCUT2D eigenvalue weighted by Gasteiger charge is -2.06. The van der Waals surface area contributed by atoms with E-state index in [0.29, 0.717) is 11.3 Å². The van der Waals surface area contributed by atoms with Crippen molar-refractivity contribution in [3.05, 3.63) is 71.7 Å². The van der Waals surface area contributed by atoms with Crippen LogP contribution < -0.4 is 4.57 Å². The van der Waals surface area contributed by atoms with Crippen LogP contribution in [0.5, 0.6) is 0 Å². The van der Waals surface area contributed by atoms with Crippen LogP contribution in [0.2, 0.25) is 0 Å². The van der Waals surface area contributed by atoms with Gasteiger partial charge in [-0.1, -0.05) is 24.3 Å². The summed E-state index contributed by atoms with van der Waals surface area (Å²) in [5.74, 6) is 0. The first-order valence-electron chi connectivity index (χ1n) is 7.48. The molecule has 0 saturated heterocycles. The minimum atomic E-state index is 0.555. The summed E-state index contributed by atoms with van der Waals surface area (Å²) in [6.07, 6.45) is 2.04. The molecule has 0 atom stereocenters. The molecule has 4 aromatic rings. The van der Waals surface area contributed by atoms with Crippen molar-refractivity contribution < 1.29 is 8.98 Å². The first-order valence-corrected chi connectivity index (χ1v) is 7.48. The molecule has 0 unspecified atom stereocenters. The first-order chi connectivity index (χ1) is 11.2. The molecular formula is C20H15N2O+. The van der Waals surface area contributed by atoms with Crippen LogP contribution in [0.25, 0.3) is 38.0 Å². The topological polar surface area (TPSA) is 21.4 Å². The Morgan fingerprint density at radius 1 is 1.04 bits per heavy atom. The van der Waals surface area contributed by atoms with E-state index in [1.165, 1.54) is 5.56 Å². The Bertz CT molecular complexity index is 1100. The van der Waals surface area contributed by atoms with E-state index in [1.807, 2.05) is 43.6 Å². The van der Waals surface area contributed by atoms with Gasteiger partial charge < -0.3 is 4.42 Å². The zero-order chi connectivity index (χ0) is 16.0. The smallest absolute Gasteiger partial charge is 0.229 e.